The van der Waals surface area contributed by atoms with E-state index in [1.54, 1.807) is 10.6 Å². The third-order valence-electron chi connectivity index (χ3n) is 4.16. The van der Waals surface area contributed by atoms with Crippen molar-refractivity contribution in [3.63, 3.8) is 0 Å². The predicted octanol–water partition coefficient (Wildman–Crippen LogP) is 4.17. The van der Waals surface area contributed by atoms with Crippen LogP contribution in [0.3, 0.4) is 0 Å². The van der Waals surface area contributed by atoms with Gasteiger partial charge in [-0.3, -0.25) is 4.79 Å². The van der Waals surface area contributed by atoms with Gasteiger partial charge >= 0.3 is 0 Å². The first-order valence-corrected chi connectivity index (χ1v) is 8.81. The summed E-state index contributed by atoms with van der Waals surface area (Å²) in [6, 6.07) is 4.63. The largest absolute Gasteiger partial charge is 0.508 e. The van der Waals surface area contributed by atoms with Crippen LogP contribution in [-0.2, 0) is 6.54 Å². The van der Waals surface area contributed by atoms with Crippen molar-refractivity contribution < 1.29 is 14.9 Å². The van der Waals surface area contributed by atoms with Crippen LogP contribution in [0.25, 0.3) is 10.9 Å². The van der Waals surface area contributed by atoms with Crippen molar-refractivity contribution in [2.24, 2.45) is 0 Å². The van der Waals surface area contributed by atoms with Gasteiger partial charge in [-0.2, -0.15) is 0 Å². The van der Waals surface area contributed by atoms with Crippen LogP contribution in [0.1, 0.15) is 52.4 Å². The second kappa shape index (κ2) is 8.62. The van der Waals surface area contributed by atoms with Gasteiger partial charge < -0.3 is 19.5 Å². The summed E-state index contributed by atoms with van der Waals surface area (Å²) in [5.41, 5.74) is 0.193. The van der Waals surface area contributed by atoms with Crippen LogP contribution < -0.4 is 10.3 Å². The number of ether oxygens (including phenoxy) is 1. The van der Waals surface area contributed by atoms with E-state index < -0.39 is 0 Å². The molecule has 24 heavy (non-hydrogen) atoms. The van der Waals surface area contributed by atoms with Gasteiger partial charge in [-0.1, -0.05) is 39.5 Å². The van der Waals surface area contributed by atoms with Crippen molar-refractivity contribution in [1.29, 1.82) is 0 Å². The Morgan fingerprint density at radius 1 is 1.04 bits per heavy atom. The molecule has 0 bridgehead atoms. The van der Waals surface area contributed by atoms with Gasteiger partial charge in [0.1, 0.15) is 5.75 Å². The van der Waals surface area contributed by atoms with E-state index in [9.17, 15) is 15.0 Å². The number of unbranched alkanes of at least 4 members (excludes halogenated alkanes) is 4. The number of aryl methyl sites for hydroxylation is 1. The van der Waals surface area contributed by atoms with E-state index in [2.05, 4.69) is 13.8 Å². The molecule has 132 valence electrons. The first kappa shape index (κ1) is 18.2. The van der Waals surface area contributed by atoms with Gasteiger partial charge in [-0.25, -0.2) is 0 Å². The zero-order chi connectivity index (χ0) is 17.5. The minimum absolute atomic E-state index is 0.0146. The summed E-state index contributed by atoms with van der Waals surface area (Å²) in [7, 11) is 0. The molecular formula is C19H27NO4. The van der Waals surface area contributed by atoms with Crippen LogP contribution in [-0.4, -0.2) is 21.4 Å². The molecule has 0 amide bonds. The molecule has 0 radical (unpaired) electrons. The maximum absolute atomic E-state index is 12.7. The van der Waals surface area contributed by atoms with Crippen molar-refractivity contribution >= 4 is 10.9 Å². The van der Waals surface area contributed by atoms with E-state index in [4.69, 9.17) is 4.74 Å². The van der Waals surface area contributed by atoms with Crippen LogP contribution in [0.5, 0.6) is 17.2 Å². The lowest BCUT2D eigenvalue weighted by molar-refractivity contribution is 0.284. The van der Waals surface area contributed by atoms with E-state index in [1.165, 1.54) is 12.1 Å². The van der Waals surface area contributed by atoms with E-state index in [1.807, 2.05) is 0 Å². The Hall–Kier alpha value is -2.17. The second-order valence-electron chi connectivity index (χ2n) is 6.10. The first-order chi connectivity index (χ1) is 11.6. The smallest absolute Gasteiger partial charge is 0.297 e. The highest BCUT2D eigenvalue weighted by Crippen LogP contribution is 2.33. The third kappa shape index (κ3) is 4.02. The quantitative estimate of drug-likeness (QED) is 0.676. The molecule has 2 rings (SSSR count). The van der Waals surface area contributed by atoms with Crippen molar-refractivity contribution in [2.75, 3.05) is 6.61 Å². The molecule has 1 aromatic carbocycles. The Morgan fingerprint density at radius 3 is 2.50 bits per heavy atom. The lowest BCUT2D eigenvalue weighted by Gasteiger charge is -2.15. The Morgan fingerprint density at radius 2 is 1.79 bits per heavy atom. The molecule has 0 atom stereocenters. The van der Waals surface area contributed by atoms with Gasteiger partial charge in [-0.05, 0) is 25.0 Å². The summed E-state index contributed by atoms with van der Waals surface area (Å²) < 4.78 is 7.21. The Labute approximate surface area is 142 Å². The number of hydrogen-bond donors (Lipinski definition) is 2. The number of benzene rings is 1. The molecule has 2 aromatic rings. The Balaban J connectivity index is 2.39. The maximum Gasteiger partial charge on any atom is 0.297 e. The fourth-order valence-corrected chi connectivity index (χ4v) is 2.77. The van der Waals surface area contributed by atoms with Crippen LogP contribution in [0, 0.1) is 0 Å². The summed E-state index contributed by atoms with van der Waals surface area (Å²) >= 11 is 0. The summed E-state index contributed by atoms with van der Waals surface area (Å²) in [6.07, 6.45) is 5.95. The number of phenols is 1. The van der Waals surface area contributed by atoms with E-state index in [0.717, 1.165) is 38.5 Å². The number of fused-ring (bicyclic) bond motifs is 1. The predicted molar refractivity (Wildman–Crippen MR) is 96.1 cm³/mol. The van der Waals surface area contributed by atoms with Gasteiger partial charge in [-0.15, -0.1) is 0 Å². The molecule has 0 aliphatic rings. The molecule has 0 fully saturated rings. The van der Waals surface area contributed by atoms with Crippen molar-refractivity contribution in [3.05, 3.63) is 28.6 Å². The molecule has 0 saturated heterocycles. The Bertz CT molecular complexity index is 736. The van der Waals surface area contributed by atoms with Crippen LogP contribution >= 0.6 is 0 Å². The highest BCUT2D eigenvalue weighted by atomic mass is 16.5. The van der Waals surface area contributed by atoms with E-state index in [-0.39, 0.29) is 22.8 Å². The Kier molecular flexibility index (Phi) is 6.53. The number of rotatable bonds is 9. The molecule has 5 heteroatoms. The maximum atomic E-state index is 12.7. The highest BCUT2D eigenvalue weighted by molar-refractivity contribution is 5.88. The van der Waals surface area contributed by atoms with Gasteiger partial charge in [0, 0.05) is 18.0 Å². The van der Waals surface area contributed by atoms with Gasteiger partial charge in [0.2, 0.25) is 5.75 Å². The van der Waals surface area contributed by atoms with Gasteiger partial charge in [0.25, 0.3) is 5.56 Å². The molecule has 5 nitrogen and oxygen atoms in total. The number of phenolic OH excluding ortho intramolecular Hbond substituents is 1. The number of hydrogen-bond acceptors (Lipinski definition) is 4. The van der Waals surface area contributed by atoms with Crippen LogP contribution in [0.15, 0.2) is 23.0 Å². The normalized spacial score (nSPS) is 11.1. The second-order valence-corrected chi connectivity index (χ2v) is 6.10. The molecule has 0 aliphatic heterocycles. The summed E-state index contributed by atoms with van der Waals surface area (Å²) in [5.74, 6) is -0.0567. The zero-order valence-electron chi connectivity index (χ0n) is 14.5. The zero-order valence-corrected chi connectivity index (χ0v) is 14.5. The lowest BCUT2D eigenvalue weighted by atomic mass is 10.1. The first-order valence-electron chi connectivity index (χ1n) is 8.81. The molecule has 1 heterocycles. The molecule has 0 aliphatic carbocycles. The van der Waals surface area contributed by atoms with Gasteiger partial charge in [0.15, 0.2) is 5.75 Å². The average Bonchev–Trinajstić information content (AvgIpc) is 2.57. The monoisotopic (exact) mass is 333 g/mol. The van der Waals surface area contributed by atoms with Crippen LogP contribution in [0.2, 0.25) is 0 Å². The molecule has 1 aromatic heterocycles. The topological polar surface area (TPSA) is 71.7 Å². The minimum atomic E-state index is -0.338. The third-order valence-corrected chi connectivity index (χ3v) is 4.16. The fraction of sp³-hybridized carbons (Fsp3) is 0.526. The van der Waals surface area contributed by atoms with Crippen molar-refractivity contribution in [1.82, 2.24) is 4.57 Å². The standard InChI is InChI=1S/C19H27NO4/c1-3-5-7-8-12-24-18-17(22)15-10-9-14(21)13-16(15)20(19(18)23)11-6-4-2/h9-10,13,21-22H,3-8,11-12H2,1-2H3. The summed E-state index contributed by atoms with van der Waals surface area (Å²) in [5, 5.41) is 20.7. The summed E-state index contributed by atoms with van der Waals surface area (Å²) in [4.78, 5) is 12.7. The SMILES string of the molecule is CCCCCCOc1c(O)c2ccc(O)cc2n(CCCC)c1=O. The van der Waals surface area contributed by atoms with Crippen molar-refractivity contribution in [2.45, 2.75) is 58.9 Å². The number of aromatic hydroxyl groups is 2. The number of aromatic nitrogens is 1. The summed E-state index contributed by atoms with van der Waals surface area (Å²) in [6.45, 7) is 5.13. The van der Waals surface area contributed by atoms with E-state index in [0.29, 0.717) is 24.1 Å². The van der Waals surface area contributed by atoms with Crippen molar-refractivity contribution in [3.8, 4) is 17.2 Å². The fourth-order valence-electron chi connectivity index (χ4n) is 2.77. The van der Waals surface area contributed by atoms with Crippen LogP contribution in [0.4, 0.5) is 0 Å². The molecule has 2 N–H and O–H groups in total. The molecule has 0 saturated carbocycles. The minimum Gasteiger partial charge on any atom is -0.508 e. The number of nitrogens with zero attached hydrogens (tertiary/aromatic N) is 1. The average molecular weight is 333 g/mol. The van der Waals surface area contributed by atoms with E-state index >= 15 is 0 Å². The molecule has 0 spiro atoms. The number of pyridine rings is 1. The molecular weight excluding hydrogens is 306 g/mol. The molecule has 0 unspecified atom stereocenters. The lowest BCUT2D eigenvalue weighted by Crippen LogP contribution is -2.23. The highest BCUT2D eigenvalue weighted by Gasteiger charge is 2.17. The van der Waals surface area contributed by atoms with Gasteiger partial charge in [0.05, 0.1) is 12.1 Å².